The van der Waals surface area contributed by atoms with Crippen LogP contribution in [0.1, 0.15) is 50.5 Å². The van der Waals surface area contributed by atoms with Crippen LogP contribution in [0.15, 0.2) is 18.2 Å². The number of rotatable bonds is 4. The lowest BCUT2D eigenvalue weighted by Gasteiger charge is -2.40. The first-order valence-corrected chi connectivity index (χ1v) is 10.5. The molecule has 0 bridgehead atoms. The smallest absolute Gasteiger partial charge is 0.409 e. The molecule has 4 rings (SSSR count). The van der Waals surface area contributed by atoms with Crippen LogP contribution in [0.3, 0.4) is 0 Å². The van der Waals surface area contributed by atoms with Crippen molar-refractivity contribution in [3.8, 4) is 5.75 Å². The van der Waals surface area contributed by atoms with E-state index in [-0.39, 0.29) is 35.9 Å². The molecule has 1 amide bonds. The van der Waals surface area contributed by atoms with Crippen molar-refractivity contribution in [2.45, 2.75) is 63.2 Å². The van der Waals surface area contributed by atoms with Crippen molar-refractivity contribution < 1.29 is 22.7 Å². The zero-order valence-corrected chi connectivity index (χ0v) is 16.4. The number of ether oxygens (including phenoxy) is 1. The van der Waals surface area contributed by atoms with Crippen LogP contribution in [-0.2, 0) is 0 Å². The quantitative estimate of drug-likeness (QED) is 0.776. The lowest BCUT2D eigenvalue weighted by Crippen LogP contribution is -2.57. The fourth-order valence-electron chi connectivity index (χ4n) is 4.85. The molecule has 2 aliphatic heterocycles. The minimum Gasteiger partial charge on any atom is -0.409 e. The molecule has 3 aliphatic rings. The van der Waals surface area contributed by atoms with E-state index in [1.54, 1.807) is 11.0 Å². The Kier molecular flexibility index (Phi) is 6.13. The van der Waals surface area contributed by atoms with Crippen LogP contribution in [-0.4, -0.2) is 42.3 Å². The summed E-state index contributed by atoms with van der Waals surface area (Å²) in [6.45, 7) is 0.781. The molecule has 1 saturated carbocycles. The first-order chi connectivity index (χ1) is 14.0. The van der Waals surface area contributed by atoms with Gasteiger partial charge in [0.15, 0.2) is 0 Å². The van der Waals surface area contributed by atoms with Gasteiger partial charge in [0, 0.05) is 31.3 Å². The maximum absolute atomic E-state index is 14.6. The Hall–Kier alpha value is -2.02. The third-order valence-electron chi connectivity index (χ3n) is 6.42. The van der Waals surface area contributed by atoms with E-state index in [4.69, 9.17) is 4.74 Å². The molecular weight excluding hydrogens is 381 g/mol. The summed E-state index contributed by atoms with van der Waals surface area (Å²) in [7, 11) is 0. The SMILES string of the molecule is O=C1Oc2cc(F)cc(F)c2/C=C\CC2C(NCC(F)C3CCCC3)CCCN12. The van der Waals surface area contributed by atoms with Crippen molar-refractivity contribution in [1.29, 1.82) is 0 Å². The molecule has 29 heavy (non-hydrogen) atoms. The summed E-state index contributed by atoms with van der Waals surface area (Å²) in [6.07, 6.45) is 7.97. The molecule has 1 aromatic rings. The third kappa shape index (κ3) is 4.44. The van der Waals surface area contributed by atoms with Gasteiger partial charge >= 0.3 is 6.09 Å². The first kappa shape index (κ1) is 20.3. The number of hydrogen-bond acceptors (Lipinski definition) is 3. The topological polar surface area (TPSA) is 41.6 Å². The number of hydrogen-bond donors (Lipinski definition) is 1. The van der Waals surface area contributed by atoms with Gasteiger partial charge in [-0.05, 0) is 38.0 Å². The van der Waals surface area contributed by atoms with E-state index in [9.17, 15) is 18.0 Å². The van der Waals surface area contributed by atoms with E-state index in [0.29, 0.717) is 13.0 Å². The minimum absolute atomic E-state index is 0.0640. The van der Waals surface area contributed by atoms with Gasteiger partial charge in [-0.2, -0.15) is 0 Å². The number of amides is 1. The van der Waals surface area contributed by atoms with Crippen LogP contribution in [0.4, 0.5) is 18.0 Å². The predicted octanol–water partition coefficient (Wildman–Crippen LogP) is 4.83. The number of halogens is 3. The second-order valence-corrected chi connectivity index (χ2v) is 8.28. The van der Waals surface area contributed by atoms with E-state index in [2.05, 4.69) is 5.32 Å². The molecule has 1 aromatic carbocycles. The summed E-state index contributed by atoms with van der Waals surface area (Å²) in [5, 5.41) is 3.34. The van der Waals surface area contributed by atoms with Crippen LogP contribution in [0.5, 0.6) is 5.75 Å². The number of carbonyl (C=O) groups excluding carboxylic acids is 1. The Bertz CT molecular complexity index is 780. The number of alkyl halides is 1. The molecule has 4 nitrogen and oxygen atoms in total. The Morgan fingerprint density at radius 2 is 1.97 bits per heavy atom. The Balaban J connectivity index is 1.49. The van der Waals surface area contributed by atoms with Gasteiger partial charge < -0.3 is 15.0 Å². The van der Waals surface area contributed by atoms with Crippen molar-refractivity contribution in [2.75, 3.05) is 13.1 Å². The van der Waals surface area contributed by atoms with Crippen LogP contribution in [0.2, 0.25) is 0 Å². The van der Waals surface area contributed by atoms with Gasteiger partial charge in [-0.15, -0.1) is 0 Å². The summed E-state index contributed by atoms with van der Waals surface area (Å²) < 4.78 is 47.7. The third-order valence-corrected chi connectivity index (χ3v) is 6.42. The van der Waals surface area contributed by atoms with Crippen LogP contribution < -0.4 is 10.1 Å². The number of nitrogens with one attached hydrogen (secondary N) is 1. The molecule has 1 aliphatic carbocycles. The molecule has 2 heterocycles. The second kappa shape index (κ2) is 8.78. The highest BCUT2D eigenvalue weighted by atomic mass is 19.1. The molecule has 3 unspecified atom stereocenters. The van der Waals surface area contributed by atoms with Crippen LogP contribution in [0.25, 0.3) is 6.08 Å². The zero-order chi connectivity index (χ0) is 20.4. The van der Waals surface area contributed by atoms with Crippen LogP contribution in [0, 0.1) is 17.6 Å². The molecule has 1 saturated heterocycles. The summed E-state index contributed by atoms with van der Waals surface area (Å²) in [5.41, 5.74) is 0.0640. The zero-order valence-electron chi connectivity index (χ0n) is 16.4. The normalized spacial score (nSPS) is 27.3. The average molecular weight is 408 g/mol. The van der Waals surface area contributed by atoms with Crippen molar-refractivity contribution in [2.24, 2.45) is 5.92 Å². The average Bonchev–Trinajstić information content (AvgIpc) is 3.24. The lowest BCUT2D eigenvalue weighted by molar-refractivity contribution is 0.0918. The van der Waals surface area contributed by atoms with E-state index in [1.165, 1.54) is 6.08 Å². The molecule has 0 aromatic heterocycles. The molecule has 158 valence electrons. The number of nitrogens with zero attached hydrogens (tertiary/aromatic N) is 1. The molecule has 0 radical (unpaired) electrons. The van der Waals surface area contributed by atoms with Crippen molar-refractivity contribution in [3.63, 3.8) is 0 Å². The van der Waals surface area contributed by atoms with Crippen LogP contribution >= 0.6 is 0 Å². The molecule has 2 fully saturated rings. The monoisotopic (exact) mass is 408 g/mol. The van der Waals surface area contributed by atoms with Gasteiger partial charge in [0.25, 0.3) is 0 Å². The van der Waals surface area contributed by atoms with Crippen molar-refractivity contribution in [3.05, 3.63) is 35.4 Å². The summed E-state index contributed by atoms with van der Waals surface area (Å²) in [4.78, 5) is 14.4. The Morgan fingerprint density at radius 1 is 1.17 bits per heavy atom. The number of piperidine rings is 1. The number of fused-ring (bicyclic) bond motifs is 2. The fourth-order valence-corrected chi connectivity index (χ4v) is 4.85. The maximum Gasteiger partial charge on any atom is 0.415 e. The van der Waals surface area contributed by atoms with Gasteiger partial charge in [0.2, 0.25) is 0 Å². The summed E-state index contributed by atoms with van der Waals surface area (Å²) in [6, 6.07) is 1.52. The maximum atomic E-state index is 14.6. The number of carbonyl (C=O) groups is 1. The van der Waals surface area contributed by atoms with Gasteiger partial charge in [-0.1, -0.05) is 25.0 Å². The van der Waals surface area contributed by atoms with Gasteiger partial charge in [0.05, 0.1) is 11.6 Å². The van der Waals surface area contributed by atoms with Crippen molar-refractivity contribution in [1.82, 2.24) is 10.2 Å². The molecule has 7 heteroatoms. The highest BCUT2D eigenvalue weighted by molar-refractivity contribution is 5.74. The lowest BCUT2D eigenvalue weighted by atomic mass is 9.92. The van der Waals surface area contributed by atoms with Gasteiger partial charge in [0.1, 0.15) is 23.6 Å². The summed E-state index contributed by atoms with van der Waals surface area (Å²) >= 11 is 0. The molecule has 3 atom stereocenters. The van der Waals surface area contributed by atoms with Gasteiger partial charge in [-0.3, -0.25) is 0 Å². The predicted molar refractivity (Wildman–Crippen MR) is 104 cm³/mol. The van der Waals surface area contributed by atoms with E-state index in [1.807, 2.05) is 0 Å². The highest BCUT2D eigenvalue weighted by Crippen LogP contribution is 2.31. The molecule has 0 spiro atoms. The largest absolute Gasteiger partial charge is 0.415 e. The summed E-state index contributed by atoms with van der Waals surface area (Å²) in [5.74, 6) is -1.56. The molecular formula is C22H27F3N2O2. The minimum atomic E-state index is -0.881. The molecule has 1 N–H and O–H groups in total. The standard InChI is InChI=1S/C22H27F3N2O2/c23-15-11-17(24)16-7-3-9-20-19(26-13-18(25)14-5-1-2-6-14)8-4-10-27(20)22(28)29-21(16)12-15/h3,7,11-12,14,18-20,26H,1-2,4-6,8-10,13H2/b7-3-. The second-order valence-electron chi connectivity index (χ2n) is 8.28. The van der Waals surface area contributed by atoms with Gasteiger partial charge in [-0.25, -0.2) is 18.0 Å². The van der Waals surface area contributed by atoms with Crippen molar-refractivity contribution >= 4 is 12.2 Å². The fraction of sp³-hybridized carbons (Fsp3) is 0.591. The van der Waals surface area contributed by atoms with E-state index in [0.717, 1.165) is 50.7 Å². The van der Waals surface area contributed by atoms with E-state index >= 15 is 0 Å². The Morgan fingerprint density at radius 3 is 2.76 bits per heavy atom. The Labute approximate surface area is 169 Å². The first-order valence-electron chi connectivity index (χ1n) is 10.5. The number of benzene rings is 1. The highest BCUT2D eigenvalue weighted by Gasteiger charge is 2.36. The van der Waals surface area contributed by atoms with E-state index < -0.39 is 23.9 Å².